The monoisotopic (exact) mass is 300 g/mol. The third kappa shape index (κ3) is 3.58. The number of rotatable bonds is 6. The maximum Gasteiger partial charge on any atom is 0.193 e. The Morgan fingerprint density at radius 1 is 0.864 bits per heavy atom. The van der Waals surface area contributed by atoms with Gasteiger partial charge in [0, 0.05) is 11.1 Å². The highest BCUT2D eigenvalue weighted by molar-refractivity contribution is 6.09. The van der Waals surface area contributed by atoms with E-state index in [1.807, 2.05) is 13.8 Å². The van der Waals surface area contributed by atoms with Gasteiger partial charge in [-0.25, -0.2) is 0 Å². The van der Waals surface area contributed by atoms with Crippen molar-refractivity contribution in [1.29, 1.82) is 0 Å². The fourth-order valence-corrected chi connectivity index (χ4v) is 2.07. The Labute approximate surface area is 130 Å². The highest BCUT2D eigenvalue weighted by atomic mass is 16.5. The molecule has 0 spiro atoms. The Kier molecular flexibility index (Phi) is 5.04. The van der Waals surface area contributed by atoms with E-state index >= 15 is 0 Å². The van der Waals surface area contributed by atoms with E-state index in [4.69, 9.17) is 14.2 Å². The van der Waals surface area contributed by atoms with Crippen molar-refractivity contribution in [3.63, 3.8) is 0 Å². The third-order valence-corrected chi connectivity index (χ3v) is 3.14. The summed E-state index contributed by atoms with van der Waals surface area (Å²) in [5.41, 5.74) is 1.15. The fraction of sp³-hybridized carbons (Fsp3) is 0.278. The van der Waals surface area contributed by atoms with Crippen molar-refractivity contribution < 1.29 is 19.0 Å². The topological polar surface area (TPSA) is 44.8 Å². The molecule has 4 nitrogen and oxygen atoms in total. The Morgan fingerprint density at radius 2 is 1.50 bits per heavy atom. The lowest BCUT2D eigenvalue weighted by Gasteiger charge is -2.14. The summed E-state index contributed by atoms with van der Waals surface area (Å²) in [6.45, 7) is 3.88. The summed E-state index contributed by atoms with van der Waals surface area (Å²) in [5.74, 6) is 1.82. The van der Waals surface area contributed by atoms with Crippen molar-refractivity contribution in [3.05, 3.63) is 53.6 Å². The summed E-state index contributed by atoms with van der Waals surface area (Å²) < 4.78 is 16.1. The van der Waals surface area contributed by atoms with E-state index in [1.54, 1.807) is 56.7 Å². The molecule has 2 aromatic rings. The fourth-order valence-electron chi connectivity index (χ4n) is 2.07. The SMILES string of the molecule is COc1ccc(C(=O)c2ccc(OC(C)C)c(OC)c2)cc1. The Morgan fingerprint density at radius 3 is 2.05 bits per heavy atom. The minimum absolute atomic E-state index is 0.0389. The number of carbonyl (C=O) groups is 1. The van der Waals surface area contributed by atoms with Crippen LogP contribution in [0.15, 0.2) is 42.5 Å². The van der Waals surface area contributed by atoms with Crippen LogP contribution >= 0.6 is 0 Å². The summed E-state index contributed by atoms with van der Waals surface area (Å²) >= 11 is 0. The van der Waals surface area contributed by atoms with E-state index in [2.05, 4.69) is 0 Å². The standard InChI is InChI=1S/C18H20O4/c1-12(2)22-16-10-7-14(11-17(16)21-4)18(19)13-5-8-15(20-3)9-6-13/h5-12H,1-4H3. The number of ketones is 1. The molecule has 116 valence electrons. The molecule has 0 aliphatic carbocycles. The number of carbonyl (C=O) groups excluding carboxylic acids is 1. The lowest BCUT2D eigenvalue weighted by atomic mass is 10.0. The van der Waals surface area contributed by atoms with Crippen molar-refractivity contribution in [2.24, 2.45) is 0 Å². The average molecular weight is 300 g/mol. The molecular formula is C18H20O4. The van der Waals surface area contributed by atoms with Gasteiger partial charge in [0.2, 0.25) is 0 Å². The summed E-state index contributed by atoms with van der Waals surface area (Å²) in [7, 11) is 3.15. The van der Waals surface area contributed by atoms with Crippen LogP contribution in [-0.4, -0.2) is 26.1 Å². The van der Waals surface area contributed by atoms with E-state index in [0.717, 1.165) is 5.75 Å². The van der Waals surface area contributed by atoms with E-state index in [9.17, 15) is 4.79 Å². The van der Waals surface area contributed by atoms with Crippen LogP contribution in [-0.2, 0) is 0 Å². The molecule has 0 aliphatic rings. The first-order valence-corrected chi connectivity index (χ1v) is 7.08. The number of hydrogen-bond acceptors (Lipinski definition) is 4. The van der Waals surface area contributed by atoms with Gasteiger partial charge in [0.1, 0.15) is 5.75 Å². The summed E-state index contributed by atoms with van der Waals surface area (Å²) in [6, 6.07) is 12.2. The molecule has 0 amide bonds. The predicted octanol–water partition coefficient (Wildman–Crippen LogP) is 3.72. The van der Waals surface area contributed by atoms with E-state index < -0.39 is 0 Å². The average Bonchev–Trinajstić information content (AvgIpc) is 2.54. The zero-order valence-corrected chi connectivity index (χ0v) is 13.3. The van der Waals surface area contributed by atoms with Gasteiger partial charge in [-0.3, -0.25) is 4.79 Å². The number of methoxy groups -OCH3 is 2. The second-order valence-electron chi connectivity index (χ2n) is 5.09. The molecule has 22 heavy (non-hydrogen) atoms. The van der Waals surface area contributed by atoms with Gasteiger partial charge in [-0.15, -0.1) is 0 Å². The molecule has 0 fully saturated rings. The van der Waals surface area contributed by atoms with Crippen LogP contribution in [0.3, 0.4) is 0 Å². The molecular weight excluding hydrogens is 280 g/mol. The van der Waals surface area contributed by atoms with Crippen molar-refractivity contribution in [2.75, 3.05) is 14.2 Å². The van der Waals surface area contributed by atoms with Crippen LogP contribution in [0, 0.1) is 0 Å². The highest BCUT2D eigenvalue weighted by Crippen LogP contribution is 2.30. The lowest BCUT2D eigenvalue weighted by Crippen LogP contribution is -2.08. The van der Waals surface area contributed by atoms with E-state index in [-0.39, 0.29) is 11.9 Å². The van der Waals surface area contributed by atoms with Crippen molar-refractivity contribution in [2.45, 2.75) is 20.0 Å². The number of hydrogen-bond donors (Lipinski definition) is 0. The Balaban J connectivity index is 2.29. The molecule has 0 saturated carbocycles. The maximum atomic E-state index is 12.5. The third-order valence-electron chi connectivity index (χ3n) is 3.14. The van der Waals surface area contributed by atoms with Crippen LogP contribution in [0.4, 0.5) is 0 Å². The van der Waals surface area contributed by atoms with Gasteiger partial charge in [-0.05, 0) is 56.3 Å². The van der Waals surface area contributed by atoms with Gasteiger partial charge in [0.05, 0.1) is 20.3 Å². The van der Waals surface area contributed by atoms with Gasteiger partial charge in [-0.1, -0.05) is 0 Å². The molecule has 0 unspecified atom stereocenters. The minimum Gasteiger partial charge on any atom is -0.497 e. The Hall–Kier alpha value is -2.49. The first-order chi connectivity index (χ1) is 10.5. The predicted molar refractivity (Wildman–Crippen MR) is 85.2 cm³/mol. The van der Waals surface area contributed by atoms with Crippen LogP contribution in [0.2, 0.25) is 0 Å². The first kappa shape index (κ1) is 15.9. The minimum atomic E-state index is -0.0722. The molecule has 0 heterocycles. The Bertz CT molecular complexity index is 645. The van der Waals surface area contributed by atoms with Crippen LogP contribution in [0.5, 0.6) is 17.2 Å². The zero-order valence-electron chi connectivity index (χ0n) is 13.3. The van der Waals surface area contributed by atoms with Crippen molar-refractivity contribution in [1.82, 2.24) is 0 Å². The molecule has 0 aliphatic heterocycles. The van der Waals surface area contributed by atoms with Gasteiger partial charge >= 0.3 is 0 Å². The molecule has 4 heteroatoms. The van der Waals surface area contributed by atoms with Crippen molar-refractivity contribution >= 4 is 5.78 Å². The first-order valence-electron chi connectivity index (χ1n) is 7.08. The molecule has 0 N–H and O–H groups in total. The van der Waals surface area contributed by atoms with Gasteiger partial charge in [-0.2, -0.15) is 0 Å². The largest absolute Gasteiger partial charge is 0.497 e. The molecule has 0 aromatic heterocycles. The zero-order chi connectivity index (χ0) is 16.1. The molecule has 0 atom stereocenters. The molecule has 0 radical (unpaired) electrons. The lowest BCUT2D eigenvalue weighted by molar-refractivity contribution is 0.103. The summed E-state index contributed by atoms with van der Waals surface area (Å²) in [4.78, 5) is 12.5. The van der Waals surface area contributed by atoms with Crippen LogP contribution in [0.25, 0.3) is 0 Å². The molecule has 0 saturated heterocycles. The van der Waals surface area contributed by atoms with Gasteiger partial charge in [0.15, 0.2) is 17.3 Å². The maximum absolute atomic E-state index is 12.5. The van der Waals surface area contributed by atoms with Crippen LogP contribution in [0.1, 0.15) is 29.8 Å². The van der Waals surface area contributed by atoms with E-state index in [0.29, 0.717) is 22.6 Å². The second-order valence-corrected chi connectivity index (χ2v) is 5.09. The smallest absolute Gasteiger partial charge is 0.193 e. The second kappa shape index (κ2) is 6.98. The highest BCUT2D eigenvalue weighted by Gasteiger charge is 2.14. The van der Waals surface area contributed by atoms with Crippen molar-refractivity contribution in [3.8, 4) is 17.2 Å². The van der Waals surface area contributed by atoms with Crippen LogP contribution < -0.4 is 14.2 Å². The molecule has 2 aromatic carbocycles. The summed E-state index contributed by atoms with van der Waals surface area (Å²) in [5, 5.41) is 0. The number of benzene rings is 2. The normalized spacial score (nSPS) is 10.4. The van der Waals surface area contributed by atoms with Gasteiger partial charge < -0.3 is 14.2 Å². The molecule has 2 rings (SSSR count). The molecule has 0 bridgehead atoms. The van der Waals surface area contributed by atoms with Gasteiger partial charge in [0.25, 0.3) is 0 Å². The summed E-state index contributed by atoms with van der Waals surface area (Å²) in [6.07, 6.45) is 0.0389. The quantitative estimate of drug-likeness (QED) is 0.763. The van der Waals surface area contributed by atoms with E-state index in [1.165, 1.54) is 0 Å². The number of ether oxygens (including phenoxy) is 3.